The van der Waals surface area contributed by atoms with E-state index in [0.717, 1.165) is 11.2 Å². The lowest BCUT2D eigenvalue weighted by molar-refractivity contribution is 0.795. The third-order valence-electron chi connectivity index (χ3n) is 1.28. The van der Waals surface area contributed by atoms with E-state index < -0.39 is 0 Å². The lowest BCUT2D eigenvalue weighted by Gasteiger charge is -1.89. The molecule has 0 amide bonds. The van der Waals surface area contributed by atoms with Crippen LogP contribution in [0.3, 0.4) is 0 Å². The maximum Gasteiger partial charge on any atom is 0.176 e. The second-order valence-electron chi connectivity index (χ2n) is 2.14. The van der Waals surface area contributed by atoms with Gasteiger partial charge in [0.25, 0.3) is 0 Å². The van der Waals surface area contributed by atoms with Crippen molar-refractivity contribution in [1.29, 1.82) is 0 Å². The average molecular weight is 134 g/mol. The molecule has 0 spiro atoms. The van der Waals surface area contributed by atoms with E-state index in [1.165, 1.54) is 11.0 Å². The summed E-state index contributed by atoms with van der Waals surface area (Å²) in [5.41, 5.74) is 1.89. The van der Waals surface area contributed by atoms with Gasteiger partial charge in [0.1, 0.15) is 6.33 Å². The Morgan fingerprint density at radius 1 is 1.40 bits per heavy atom. The minimum Gasteiger partial charge on any atom is -0.213 e. The van der Waals surface area contributed by atoms with Gasteiger partial charge in [0.15, 0.2) is 5.65 Å². The third kappa shape index (κ3) is 0.655. The van der Waals surface area contributed by atoms with E-state index in [9.17, 15) is 0 Å². The van der Waals surface area contributed by atoms with Gasteiger partial charge in [-0.2, -0.15) is 5.10 Å². The van der Waals surface area contributed by atoms with Gasteiger partial charge >= 0.3 is 0 Å². The first-order chi connectivity index (χ1) is 4.86. The highest BCUT2D eigenvalue weighted by Gasteiger charge is 1.93. The quantitative estimate of drug-likeness (QED) is 0.524. The molecule has 0 bridgehead atoms. The van der Waals surface area contributed by atoms with Crippen LogP contribution in [0.15, 0.2) is 18.6 Å². The molecule has 2 heterocycles. The van der Waals surface area contributed by atoms with Crippen molar-refractivity contribution in [3.8, 4) is 0 Å². The largest absolute Gasteiger partial charge is 0.213 e. The molecular weight excluding hydrogens is 128 g/mol. The van der Waals surface area contributed by atoms with Crippen molar-refractivity contribution in [3.05, 3.63) is 24.2 Å². The van der Waals surface area contributed by atoms with Crippen LogP contribution < -0.4 is 0 Å². The molecule has 10 heavy (non-hydrogen) atoms. The zero-order valence-electron chi connectivity index (χ0n) is 5.52. The molecule has 0 unspecified atom stereocenters. The minimum atomic E-state index is 0.792. The van der Waals surface area contributed by atoms with Crippen molar-refractivity contribution in [2.45, 2.75) is 6.92 Å². The van der Waals surface area contributed by atoms with Crippen LogP contribution in [0.4, 0.5) is 0 Å². The maximum atomic E-state index is 3.98. The monoisotopic (exact) mass is 134 g/mol. The molecular formula is C6H6N4. The molecule has 2 aromatic heterocycles. The normalized spacial score (nSPS) is 10.5. The van der Waals surface area contributed by atoms with Crippen molar-refractivity contribution in [1.82, 2.24) is 19.8 Å². The van der Waals surface area contributed by atoms with Crippen LogP contribution in [0.2, 0.25) is 0 Å². The Hall–Kier alpha value is -1.45. The van der Waals surface area contributed by atoms with Gasteiger partial charge in [-0.25, -0.2) is 4.98 Å². The summed E-state index contributed by atoms with van der Waals surface area (Å²) < 4.78 is 1.49. The van der Waals surface area contributed by atoms with Crippen LogP contribution >= 0.6 is 0 Å². The van der Waals surface area contributed by atoms with Gasteiger partial charge in [-0.05, 0) is 18.6 Å². The number of rotatable bonds is 0. The highest BCUT2D eigenvalue weighted by Crippen LogP contribution is 1.97. The Labute approximate surface area is 57.5 Å². The number of hydrogen-bond acceptors (Lipinski definition) is 3. The number of nitrogens with zero attached hydrogens (tertiary/aromatic N) is 4. The fourth-order valence-electron chi connectivity index (χ4n) is 0.815. The summed E-state index contributed by atoms with van der Waals surface area (Å²) >= 11 is 0. The van der Waals surface area contributed by atoms with Gasteiger partial charge in [0.05, 0.1) is 6.20 Å². The van der Waals surface area contributed by atoms with Crippen LogP contribution in [0, 0.1) is 6.92 Å². The predicted octanol–water partition coefficient (Wildman–Crippen LogP) is 0.433. The second-order valence-corrected chi connectivity index (χ2v) is 2.14. The molecule has 0 N–H and O–H groups in total. The topological polar surface area (TPSA) is 43.1 Å². The molecule has 0 aliphatic rings. The molecule has 0 radical (unpaired) electrons. The Bertz CT molecular complexity index is 351. The van der Waals surface area contributed by atoms with Crippen molar-refractivity contribution >= 4 is 5.65 Å². The zero-order valence-corrected chi connectivity index (χ0v) is 5.52. The van der Waals surface area contributed by atoms with Gasteiger partial charge in [-0.3, -0.25) is 0 Å². The number of aromatic nitrogens is 4. The molecule has 0 aliphatic carbocycles. The van der Waals surface area contributed by atoms with Crippen LogP contribution in [-0.2, 0) is 0 Å². The number of aryl methyl sites for hydroxylation is 1. The third-order valence-corrected chi connectivity index (χ3v) is 1.28. The standard InChI is InChI=1S/C6H6N4/c1-5-2-6-7-4-9-10(6)8-3-5/h2-4H,1H3. The summed E-state index contributed by atoms with van der Waals surface area (Å²) in [6.07, 6.45) is 3.24. The van der Waals surface area contributed by atoms with Crippen molar-refractivity contribution in [3.63, 3.8) is 0 Å². The van der Waals surface area contributed by atoms with Crippen molar-refractivity contribution in [2.24, 2.45) is 0 Å². The molecule has 2 aromatic rings. The molecule has 4 nitrogen and oxygen atoms in total. The molecule has 50 valence electrons. The molecule has 0 atom stereocenters. The Morgan fingerprint density at radius 3 is 3.20 bits per heavy atom. The highest BCUT2D eigenvalue weighted by molar-refractivity contribution is 5.36. The van der Waals surface area contributed by atoms with Gasteiger partial charge in [-0.1, -0.05) is 0 Å². The molecule has 0 saturated carbocycles. The van der Waals surface area contributed by atoms with E-state index in [-0.39, 0.29) is 0 Å². The SMILES string of the molecule is Cc1cnn2ncnc2c1. The first-order valence-electron chi connectivity index (χ1n) is 2.99. The van der Waals surface area contributed by atoms with E-state index in [0.29, 0.717) is 0 Å². The van der Waals surface area contributed by atoms with Gasteiger partial charge < -0.3 is 0 Å². The first-order valence-corrected chi connectivity index (χ1v) is 2.99. The van der Waals surface area contributed by atoms with Gasteiger partial charge in [0.2, 0.25) is 0 Å². The Morgan fingerprint density at radius 2 is 2.30 bits per heavy atom. The van der Waals surface area contributed by atoms with Crippen LogP contribution in [-0.4, -0.2) is 19.8 Å². The summed E-state index contributed by atoms with van der Waals surface area (Å²) in [4.78, 5) is 3.97. The molecule has 0 aliphatic heterocycles. The Balaban J connectivity index is 2.86. The summed E-state index contributed by atoms with van der Waals surface area (Å²) in [6.45, 7) is 1.97. The van der Waals surface area contributed by atoms with E-state index in [1.807, 2.05) is 13.0 Å². The summed E-state index contributed by atoms with van der Waals surface area (Å²) in [7, 11) is 0. The average Bonchev–Trinajstić information content (AvgIpc) is 2.33. The molecule has 4 heteroatoms. The summed E-state index contributed by atoms with van der Waals surface area (Å²) in [5.74, 6) is 0. The fraction of sp³-hybridized carbons (Fsp3) is 0.167. The summed E-state index contributed by atoms with van der Waals surface area (Å²) in [5, 5.41) is 7.84. The lowest BCUT2D eigenvalue weighted by atomic mass is 10.3. The number of fused-ring (bicyclic) bond motifs is 1. The van der Waals surface area contributed by atoms with Gasteiger partial charge in [-0.15, -0.1) is 9.73 Å². The minimum absolute atomic E-state index is 0.792. The van der Waals surface area contributed by atoms with Crippen LogP contribution in [0.25, 0.3) is 5.65 Å². The highest BCUT2D eigenvalue weighted by atomic mass is 15.4. The van der Waals surface area contributed by atoms with Crippen LogP contribution in [0.5, 0.6) is 0 Å². The number of hydrogen-bond donors (Lipinski definition) is 0. The Kier molecular flexibility index (Phi) is 0.943. The second kappa shape index (κ2) is 1.76. The molecule has 0 aromatic carbocycles. The summed E-state index contributed by atoms with van der Waals surface area (Å²) in [6, 6.07) is 1.93. The zero-order chi connectivity index (χ0) is 6.97. The van der Waals surface area contributed by atoms with E-state index in [4.69, 9.17) is 0 Å². The fourth-order valence-corrected chi connectivity index (χ4v) is 0.815. The lowest BCUT2D eigenvalue weighted by Crippen LogP contribution is -1.92. The van der Waals surface area contributed by atoms with Crippen molar-refractivity contribution < 1.29 is 0 Å². The first kappa shape index (κ1) is 5.34. The predicted molar refractivity (Wildman–Crippen MR) is 35.5 cm³/mol. The molecule has 0 fully saturated rings. The smallest absolute Gasteiger partial charge is 0.176 e. The van der Waals surface area contributed by atoms with E-state index >= 15 is 0 Å². The maximum absolute atomic E-state index is 3.98. The van der Waals surface area contributed by atoms with E-state index in [2.05, 4.69) is 15.2 Å². The molecule has 2 rings (SSSR count). The van der Waals surface area contributed by atoms with E-state index in [1.54, 1.807) is 6.20 Å². The van der Waals surface area contributed by atoms with Crippen molar-refractivity contribution in [2.75, 3.05) is 0 Å². The van der Waals surface area contributed by atoms with Crippen LogP contribution in [0.1, 0.15) is 5.56 Å². The molecule has 0 saturated heterocycles. The van der Waals surface area contributed by atoms with Gasteiger partial charge in [0, 0.05) is 0 Å².